The number of amides is 1. The number of carbonyl (C=O) groups is 1. The number of rotatable bonds is 4. The second-order valence-corrected chi connectivity index (χ2v) is 6.96. The number of hydrogen-bond donors (Lipinski definition) is 0. The summed E-state index contributed by atoms with van der Waals surface area (Å²) < 4.78 is 44.8. The number of hydrogen-bond acceptors (Lipinski definition) is 3. The first-order valence-corrected chi connectivity index (χ1v) is 8.76. The number of likely N-dealkylation sites (tertiary alicyclic amines) is 1. The Kier molecular flexibility index (Phi) is 4.44. The third kappa shape index (κ3) is 3.39. The number of aryl methyl sites for hydroxylation is 1. The van der Waals surface area contributed by atoms with E-state index in [1.807, 2.05) is 0 Å². The van der Waals surface area contributed by atoms with Gasteiger partial charge in [0.1, 0.15) is 17.8 Å². The summed E-state index contributed by atoms with van der Waals surface area (Å²) in [5.41, 5.74) is 1.10. The van der Waals surface area contributed by atoms with Gasteiger partial charge in [0, 0.05) is 19.7 Å². The van der Waals surface area contributed by atoms with Gasteiger partial charge < -0.3 is 14.0 Å². The van der Waals surface area contributed by atoms with Crippen LogP contribution in [0.25, 0.3) is 0 Å². The molecule has 1 atom stereocenters. The largest absolute Gasteiger partial charge is 0.347 e. The van der Waals surface area contributed by atoms with Crippen molar-refractivity contribution < 1.29 is 18.0 Å². The standard InChI is InChI=1S/C19H18F3N5O/c1-25-8-2-3-15(25)18(28)27-11-19(21,22)9-16(27)17-24-23-12-26(17)10-13-4-6-14(20)7-5-13/h2-8,12,16H,9-11H2,1H3/t16-/m0/s1. The molecule has 0 bridgehead atoms. The van der Waals surface area contributed by atoms with Gasteiger partial charge in [0.25, 0.3) is 11.8 Å². The van der Waals surface area contributed by atoms with Gasteiger partial charge in [-0.1, -0.05) is 12.1 Å². The first-order chi connectivity index (χ1) is 13.3. The van der Waals surface area contributed by atoms with Crippen molar-refractivity contribution in [3.8, 4) is 0 Å². The Balaban J connectivity index is 1.65. The highest BCUT2D eigenvalue weighted by Crippen LogP contribution is 2.41. The Morgan fingerprint density at radius 1 is 1.25 bits per heavy atom. The SMILES string of the molecule is Cn1cccc1C(=O)N1CC(F)(F)C[C@H]1c1nncn1Cc1ccc(F)cc1. The van der Waals surface area contributed by atoms with Crippen molar-refractivity contribution in [2.45, 2.75) is 24.9 Å². The van der Waals surface area contributed by atoms with Crippen LogP contribution in [0, 0.1) is 5.82 Å². The summed E-state index contributed by atoms with van der Waals surface area (Å²) in [7, 11) is 1.69. The molecule has 1 saturated heterocycles. The van der Waals surface area contributed by atoms with Crippen LogP contribution in [0.3, 0.4) is 0 Å². The molecule has 0 spiro atoms. The van der Waals surface area contributed by atoms with E-state index in [2.05, 4.69) is 10.2 Å². The van der Waals surface area contributed by atoms with E-state index in [1.54, 1.807) is 46.6 Å². The van der Waals surface area contributed by atoms with Crippen LogP contribution in [-0.4, -0.2) is 42.6 Å². The molecule has 9 heteroatoms. The van der Waals surface area contributed by atoms with E-state index >= 15 is 0 Å². The smallest absolute Gasteiger partial charge is 0.271 e. The van der Waals surface area contributed by atoms with Crippen molar-refractivity contribution in [2.24, 2.45) is 7.05 Å². The lowest BCUT2D eigenvalue weighted by atomic mass is 10.1. The Bertz CT molecular complexity index is 995. The third-order valence-electron chi connectivity index (χ3n) is 4.90. The Labute approximate surface area is 159 Å². The molecule has 3 heterocycles. The normalized spacial score (nSPS) is 18.6. The second-order valence-electron chi connectivity index (χ2n) is 6.96. The lowest BCUT2D eigenvalue weighted by Gasteiger charge is -2.24. The van der Waals surface area contributed by atoms with Crippen molar-refractivity contribution in [1.82, 2.24) is 24.2 Å². The zero-order chi connectivity index (χ0) is 19.9. The van der Waals surface area contributed by atoms with Crippen molar-refractivity contribution in [2.75, 3.05) is 6.54 Å². The number of halogens is 3. The molecule has 0 unspecified atom stereocenters. The van der Waals surface area contributed by atoms with Gasteiger partial charge in [0.15, 0.2) is 5.82 Å². The van der Waals surface area contributed by atoms with Gasteiger partial charge in [0.05, 0.1) is 19.1 Å². The fourth-order valence-corrected chi connectivity index (χ4v) is 3.52. The molecule has 28 heavy (non-hydrogen) atoms. The molecule has 1 aromatic carbocycles. The molecular formula is C19H18F3N5O. The highest BCUT2D eigenvalue weighted by molar-refractivity contribution is 5.93. The number of nitrogens with zero attached hydrogens (tertiary/aromatic N) is 5. The molecule has 0 saturated carbocycles. The van der Waals surface area contributed by atoms with E-state index < -0.39 is 30.8 Å². The van der Waals surface area contributed by atoms with Crippen LogP contribution in [0.15, 0.2) is 48.9 Å². The van der Waals surface area contributed by atoms with E-state index in [9.17, 15) is 18.0 Å². The first kappa shape index (κ1) is 18.3. The fraction of sp³-hybridized carbons (Fsp3) is 0.316. The van der Waals surface area contributed by atoms with Gasteiger partial charge in [0.2, 0.25) is 0 Å². The predicted octanol–water partition coefficient (Wildman–Crippen LogP) is 3.03. The van der Waals surface area contributed by atoms with Crippen LogP contribution in [0.2, 0.25) is 0 Å². The lowest BCUT2D eigenvalue weighted by Crippen LogP contribution is -2.35. The van der Waals surface area contributed by atoms with Gasteiger partial charge in [-0.05, 0) is 29.8 Å². The highest BCUT2D eigenvalue weighted by Gasteiger charge is 2.49. The van der Waals surface area contributed by atoms with E-state index in [0.717, 1.165) is 10.5 Å². The molecule has 0 aliphatic carbocycles. The molecule has 146 valence electrons. The average Bonchev–Trinajstić information content (AvgIpc) is 3.35. The molecule has 6 nitrogen and oxygen atoms in total. The van der Waals surface area contributed by atoms with Gasteiger partial charge in [-0.3, -0.25) is 4.79 Å². The van der Waals surface area contributed by atoms with Crippen LogP contribution in [-0.2, 0) is 13.6 Å². The van der Waals surface area contributed by atoms with Crippen molar-refractivity contribution in [1.29, 1.82) is 0 Å². The predicted molar refractivity (Wildman–Crippen MR) is 94.3 cm³/mol. The number of benzene rings is 1. The second kappa shape index (κ2) is 6.81. The Morgan fingerprint density at radius 3 is 2.68 bits per heavy atom. The molecule has 2 aromatic heterocycles. The zero-order valence-corrected chi connectivity index (χ0v) is 15.1. The molecule has 4 rings (SSSR count). The van der Waals surface area contributed by atoms with Gasteiger partial charge in [-0.25, -0.2) is 13.2 Å². The zero-order valence-electron chi connectivity index (χ0n) is 15.1. The summed E-state index contributed by atoms with van der Waals surface area (Å²) in [6.45, 7) is -0.387. The summed E-state index contributed by atoms with van der Waals surface area (Å²) in [5.74, 6) is -3.57. The summed E-state index contributed by atoms with van der Waals surface area (Å²) in [4.78, 5) is 14.1. The van der Waals surface area contributed by atoms with E-state index in [4.69, 9.17) is 0 Å². The molecule has 1 fully saturated rings. The topological polar surface area (TPSA) is 56.0 Å². The molecule has 3 aromatic rings. The van der Waals surface area contributed by atoms with Crippen LogP contribution >= 0.6 is 0 Å². The minimum absolute atomic E-state index is 0.282. The van der Waals surface area contributed by atoms with Crippen LogP contribution in [0.5, 0.6) is 0 Å². The van der Waals surface area contributed by atoms with Gasteiger partial charge in [-0.2, -0.15) is 0 Å². The highest BCUT2D eigenvalue weighted by atomic mass is 19.3. The number of carbonyl (C=O) groups excluding carboxylic acids is 1. The third-order valence-corrected chi connectivity index (χ3v) is 4.90. The molecule has 0 N–H and O–H groups in total. The summed E-state index contributed by atoms with van der Waals surface area (Å²) in [5, 5.41) is 7.87. The van der Waals surface area contributed by atoms with Crippen molar-refractivity contribution >= 4 is 5.91 Å². The number of alkyl halides is 2. The maximum Gasteiger partial charge on any atom is 0.271 e. The van der Waals surface area contributed by atoms with Crippen molar-refractivity contribution in [3.05, 3.63) is 71.8 Å². The van der Waals surface area contributed by atoms with Crippen LogP contribution < -0.4 is 0 Å². The van der Waals surface area contributed by atoms with Gasteiger partial charge >= 0.3 is 0 Å². The van der Waals surface area contributed by atoms with E-state index in [1.165, 1.54) is 18.5 Å². The fourth-order valence-electron chi connectivity index (χ4n) is 3.52. The maximum atomic E-state index is 14.2. The van der Waals surface area contributed by atoms with Crippen LogP contribution in [0.1, 0.15) is 34.3 Å². The lowest BCUT2D eigenvalue weighted by molar-refractivity contribution is 0.0116. The molecule has 1 aliphatic heterocycles. The molecule has 0 radical (unpaired) electrons. The maximum absolute atomic E-state index is 14.2. The molecular weight excluding hydrogens is 371 g/mol. The van der Waals surface area contributed by atoms with E-state index in [-0.39, 0.29) is 18.2 Å². The monoisotopic (exact) mass is 389 g/mol. The minimum Gasteiger partial charge on any atom is -0.347 e. The van der Waals surface area contributed by atoms with E-state index in [0.29, 0.717) is 5.69 Å². The van der Waals surface area contributed by atoms with Crippen LogP contribution in [0.4, 0.5) is 13.2 Å². The average molecular weight is 389 g/mol. The quantitative estimate of drug-likeness (QED) is 0.689. The first-order valence-electron chi connectivity index (χ1n) is 8.76. The molecule has 1 aliphatic rings. The summed E-state index contributed by atoms with van der Waals surface area (Å²) in [6.07, 6.45) is 2.60. The van der Waals surface area contributed by atoms with Gasteiger partial charge in [-0.15, -0.1) is 10.2 Å². The minimum atomic E-state index is -3.02. The number of aromatic nitrogens is 4. The molecule has 1 amide bonds. The Morgan fingerprint density at radius 2 is 2.00 bits per heavy atom. The summed E-state index contributed by atoms with van der Waals surface area (Å²) in [6, 6.07) is 8.25. The van der Waals surface area contributed by atoms with Crippen molar-refractivity contribution in [3.63, 3.8) is 0 Å². The Hall–Kier alpha value is -3.10. The summed E-state index contributed by atoms with van der Waals surface area (Å²) >= 11 is 0.